The lowest BCUT2D eigenvalue weighted by Crippen LogP contribution is -2.51. The van der Waals surface area contributed by atoms with Gasteiger partial charge in [-0.3, -0.25) is 14.4 Å². The summed E-state index contributed by atoms with van der Waals surface area (Å²) in [4.78, 5) is 46.8. The van der Waals surface area contributed by atoms with E-state index in [1.54, 1.807) is 18.0 Å². The summed E-state index contributed by atoms with van der Waals surface area (Å²) in [5.74, 6) is -1.02. The molecule has 4 aromatic rings. The highest BCUT2D eigenvalue weighted by Crippen LogP contribution is 2.20. The van der Waals surface area contributed by atoms with Crippen molar-refractivity contribution in [3.63, 3.8) is 0 Å². The molecule has 0 saturated carbocycles. The number of nitrogens with one attached hydrogen (secondary N) is 2. The number of nitrogens with zero attached hydrogens (tertiary/aromatic N) is 3. The number of carbonyl (C=O) groups excluding carboxylic acids is 3. The van der Waals surface area contributed by atoms with Crippen molar-refractivity contribution < 1.29 is 14.4 Å². The van der Waals surface area contributed by atoms with E-state index < -0.39 is 12.0 Å². The van der Waals surface area contributed by atoms with Crippen LogP contribution >= 0.6 is 0 Å². The van der Waals surface area contributed by atoms with Gasteiger partial charge in [-0.1, -0.05) is 84.9 Å². The van der Waals surface area contributed by atoms with Crippen LogP contribution in [0.15, 0.2) is 97.1 Å². The predicted molar refractivity (Wildman–Crippen MR) is 186 cm³/mol. The first kappa shape index (κ1) is 34.3. The van der Waals surface area contributed by atoms with Crippen LogP contribution < -0.4 is 10.6 Å². The smallest absolute Gasteiger partial charge is 0.254 e. The number of benzene rings is 4. The molecule has 0 unspecified atom stereocenters. The second-order valence-electron chi connectivity index (χ2n) is 12.2. The third kappa shape index (κ3) is 9.49. The molecule has 0 heterocycles. The van der Waals surface area contributed by atoms with Gasteiger partial charge in [0.25, 0.3) is 5.91 Å². The van der Waals surface area contributed by atoms with E-state index in [9.17, 15) is 14.4 Å². The number of hydrogen-bond acceptors (Lipinski definition) is 5. The fourth-order valence-electron chi connectivity index (χ4n) is 5.62. The minimum absolute atomic E-state index is 0.0251. The third-order valence-corrected chi connectivity index (χ3v) is 8.34. The van der Waals surface area contributed by atoms with Crippen molar-refractivity contribution in [3.8, 4) is 0 Å². The minimum Gasteiger partial charge on any atom is -0.353 e. The predicted octanol–water partition coefficient (Wildman–Crippen LogP) is 4.24. The Morgan fingerprint density at radius 2 is 1.39 bits per heavy atom. The van der Waals surface area contributed by atoms with Gasteiger partial charge >= 0.3 is 0 Å². The molecule has 0 radical (unpaired) electrons. The van der Waals surface area contributed by atoms with E-state index in [1.165, 1.54) is 4.90 Å². The monoisotopic (exact) mass is 621 g/mol. The number of amides is 3. The van der Waals surface area contributed by atoms with Gasteiger partial charge in [0.2, 0.25) is 11.8 Å². The lowest BCUT2D eigenvalue weighted by atomic mass is 9.96. The van der Waals surface area contributed by atoms with Crippen LogP contribution in [0.3, 0.4) is 0 Å². The fraction of sp³-hybridized carbons (Fsp3) is 0.342. The SMILES string of the molecule is CNCc1cccc(C(=O)N(C)[C@H](Cc2ccc3ccccc3c2)C(=O)NC[C@@H](Cc2ccccc2)C(=O)N(C)CCN(C)C)c1. The topological polar surface area (TPSA) is 85.0 Å². The third-order valence-electron chi connectivity index (χ3n) is 8.34. The van der Waals surface area contributed by atoms with E-state index in [2.05, 4.69) is 22.8 Å². The van der Waals surface area contributed by atoms with Crippen molar-refractivity contribution in [2.75, 3.05) is 54.9 Å². The Morgan fingerprint density at radius 1 is 0.696 bits per heavy atom. The van der Waals surface area contributed by atoms with Crippen molar-refractivity contribution in [1.29, 1.82) is 0 Å². The summed E-state index contributed by atoms with van der Waals surface area (Å²) in [7, 11) is 9.30. The molecule has 46 heavy (non-hydrogen) atoms. The first-order chi connectivity index (χ1) is 22.2. The van der Waals surface area contributed by atoms with E-state index in [0.717, 1.165) is 34.0 Å². The number of carbonyl (C=O) groups is 3. The van der Waals surface area contributed by atoms with Crippen LogP contribution in [0.5, 0.6) is 0 Å². The van der Waals surface area contributed by atoms with Crippen LogP contribution in [0.4, 0.5) is 0 Å². The Morgan fingerprint density at radius 3 is 2.11 bits per heavy atom. The molecule has 2 N–H and O–H groups in total. The van der Waals surface area contributed by atoms with Crippen LogP contribution in [0.1, 0.15) is 27.0 Å². The van der Waals surface area contributed by atoms with Gasteiger partial charge in [0.1, 0.15) is 6.04 Å². The van der Waals surface area contributed by atoms with E-state index in [1.807, 2.05) is 112 Å². The van der Waals surface area contributed by atoms with E-state index in [4.69, 9.17) is 0 Å². The molecule has 8 nitrogen and oxygen atoms in total. The molecule has 0 spiro atoms. The largest absolute Gasteiger partial charge is 0.353 e. The molecule has 0 aliphatic carbocycles. The van der Waals surface area contributed by atoms with Crippen LogP contribution in [-0.2, 0) is 29.0 Å². The van der Waals surface area contributed by atoms with Gasteiger partial charge in [0.15, 0.2) is 0 Å². The average Bonchev–Trinajstić information content (AvgIpc) is 3.07. The minimum atomic E-state index is -0.791. The summed E-state index contributed by atoms with van der Waals surface area (Å²) in [6, 6.07) is 30.7. The second kappa shape index (κ2) is 16.7. The maximum Gasteiger partial charge on any atom is 0.254 e. The van der Waals surface area contributed by atoms with Gasteiger partial charge in [0, 0.05) is 52.3 Å². The molecule has 0 saturated heterocycles. The Bertz CT molecular complexity index is 1610. The molecule has 0 bridgehead atoms. The van der Waals surface area contributed by atoms with Gasteiger partial charge in [0.05, 0.1) is 5.92 Å². The number of likely N-dealkylation sites (N-methyl/N-ethyl adjacent to an activating group) is 3. The lowest BCUT2D eigenvalue weighted by Gasteiger charge is -2.29. The van der Waals surface area contributed by atoms with E-state index >= 15 is 0 Å². The summed E-state index contributed by atoms with van der Waals surface area (Å²) in [5, 5.41) is 8.38. The van der Waals surface area contributed by atoms with Gasteiger partial charge in [-0.15, -0.1) is 0 Å². The number of rotatable bonds is 15. The Balaban J connectivity index is 1.59. The zero-order valence-electron chi connectivity index (χ0n) is 27.7. The van der Waals surface area contributed by atoms with Crippen LogP contribution in [0.25, 0.3) is 10.8 Å². The highest BCUT2D eigenvalue weighted by atomic mass is 16.2. The van der Waals surface area contributed by atoms with Gasteiger partial charge < -0.3 is 25.3 Å². The standard InChI is InChI=1S/C38H47N5O3/c1-39-26-30-14-11-17-33(24-30)38(46)43(5)35(25-29-18-19-31-15-9-10-16-32(31)23-29)36(44)40-27-34(22-28-12-7-6-8-13-28)37(45)42(4)21-20-41(2)3/h6-19,23-24,34-35,39H,20-22,25-27H2,1-5H3,(H,40,44)/t34-,35-/m1/s1. The van der Waals surface area contributed by atoms with Crippen molar-refractivity contribution in [2.24, 2.45) is 5.92 Å². The summed E-state index contributed by atoms with van der Waals surface area (Å²) in [6.45, 7) is 2.11. The molecule has 8 heteroatoms. The molecule has 0 aliphatic rings. The van der Waals surface area contributed by atoms with E-state index in [0.29, 0.717) is 31.5 Å². The molecule has 3 amide bonds. The first-order valence-electron chi connectivity index (χ1n) is 15.9. The quantitative estimate of drug-likeness (QED) is 0.208. The van der Waals surface area contributed by atoms with Gasteiger partial charge in [-0.25, -0.2) is 0 Å². The molecular formula is C38H47N5O3. The summed E-state index contributed by atoms with van der Waals surface area (Å²) >= 11 is 0. The number of hydrogen-bond donors (Lipinski definition) is 2. The second-order valence-corrected chi connectivity index (χ2v) is 12.2. The Kier molecular flexibility index (Phi) is 12.5. The molecule has 0 fully saturated rings. The highest BCUT2D eigenvalue weighted by Gasteiger charge is 2.30. The van der Waals surface area contributed by atoms with Crippen molar-refractivity contribution in [2.45, 2.75) is 25.4 Å². The zero-order valence-corrected chi connectivity index (χ0v) is 27.7. The molecule has 242 valence electrons. The van der Waals surface area contributed by atoms with Gasteiger partial charge in [-0.05, 0) is 67.2 Å². The van der Waals surface area contributed by atoms with Crippen LogP contribution in [-0.4, -0.2) is 93.3 Å². The zero-order chi connectivity index (χ0) is 33.1. The fourth-order valence-corrected chi connectivity index (χ4v) is 5.62. The molecular weight excluding hydrogens is 574 g/mol. The summed E-state index contributed by atoms with van der Waals surface area (Å²) in [6.07, 6.45) is 0.823. The lowest BCUT2D eigenvalue weighted by molar-refractivity contribution is -0.134. The molecule has 0 aliphatic heterocycles. The van der Waals surface area contributed by atoms with E-state index in [-0.39, 0.29) is 24.3 Å². The Hall–Kier alpha value is -4.53. The first-order valence-corrected chi connectivity index (χ1v) is 15.9. The maximum atomic E-state index is 14.1. The highest BCUT2D eigenvalue weighted by molar-refractivity contribution is 5.98. The summed E-state index contributed by atoms with van der Waals surface area (Å²) < 4.78 is 0. The van der Waals surface area contributed by atoms with Crippen molar-refractivity contribution >= 4 is 28.5 Å². The van der Waals surface area contributed by atoms with Crippen molar-refractivity contribution in [3.05, 3.63) is 119 Å². The van der Waals surface area contributed by atoms with Crippen LogP contribution in [0.2, 0.25) is 0 Å². The average molecular weight is 622 g/mol. The normalized spacial score (nSPS) is 12.5. The molecule has 0 aromatic heterocycles. The maximum absolute atomic E-state index is 14.1. The molecule has 2 atom stereocenters. The Labute approximate surface area is 273 Å². The van der Waals surface area contributed by atoms with Gasteiger partial charge in [-0.2, -0.15) is 0 Å². The van der Waals surface area contributed by atoms with Crippen LogP contribution in [0, 0.1) is 5.92 Å². The molecule has 4 aromatic carbocycles. The molecule has 4 rings (SSSR count). The summed E-state index contributed by atoms with van der Waals surface area (Å²) in [5.41, 5.74) is 3.48. The number of fused-ring (bicyclic) bond motifs is 1. The van der Waals surface area contributed by atoms with Crippen molar-refractivity contribution in [1.82, 2.24) is 25.3 Å².